The quantitative estimate of drug-likeness (QED) is 0.693. The molecule has 0 saturated heterocycles. The summed E-state index contributed by atoms with van der Waals surface area (Å²) in [6.45, 7) is 4.40. The van der Waals surface area contributed by atoms with Crippen LogP contribution in [0.25, 0.3) is 21.7 Å². The zero-order valence-corrected chi connectivity index (χ0v) is 11.4. The highest BCUT2D eigenvalue weighted by molar-refractivity contribution is 6.08. The van der Waals surface area contributed by atoms with Gasteiger partial charge in [0, 0.05) is 22.2 Å². The van der Waals surface area contributed by atoms with Gasteiger partial charge in [0.1, 0.15) is 0 Å². The molecule has 2 nitrogen and oxygen atoms in total. The molecule has 3 aromatic rings. The molecule has 2 heteroatoms. The second kappa shape index (κ2) is 4.54. The molecular weight excluding hydrogens is 232 g/mol. The van der Waals surface area contributed by atoms with Crippen LogP contribution in [-0.4, -0.2) is 4.98 Å². The average Bonchev–Trinajstić information content (AvgIpc) is 2.38. The van der Waals surface area contributed by atoms with E-state index in [0.29, 0.717) is 5.92 Å². The summed E-state index contributed by atoms with van der Waals surface area (Å²) in [5.74, 6) is 0.583. The standard InChI is InChI=1S/C17H18N2/c1-11(2)9-13-10-16(18)15-8-7-12-5-3-4-6-14(12)17(15)19-13/h3-8,10-11H,9H2,1-2H3,(H2,18,19). The number of nitrogens with zero attached hydrogens (tertiary/aromatic N) is 1. The zero-order valence-electron chi connectivity index (χ0n) is 11.4. The molecule has 0 spiro atoms. The van der Waals surface area contributed by atoms with Crippen molar-refractivity contribution in [1.82, 2.24) is 4.98 Å². The molecule has 0 amide bonds. The highest BCUT2D eigenvalue weighted by Crippen LogP contribution is 2.28. The average molecular weight is 250 g/mol. The highest BCUT2D eigenvalue weighted by atomic mass is 14.7. The molecule has 2 N–H and O–H groups in total. The fourth-order valence-electron chi connectivity index (χ4n) is 2.56. The summed E-state index contributed by atoms with van der Waals surface area (Å²) in [4.78, 5) is 4.82. The minimum absolute atomic E-state index is 0.583. The lowest BCUT2D eigenvalue weighted by molar-refractivity contribution is 0.637. The third kappa shape index (κ3) is 2.14. The van der Waals surface area contributed by atoms with Gasteiger partial charge in [-0.2, -0.15) is 0 Å². The van der Waals surface area contributed by atoms with E-state index >= 15 is 0 Å². The number of aromatic nitrogens is 1. The number of nitrogens with two attached hydrogens (primary N) is 1. The number of anilines is 1. The van der Waals surface area contributed by atoms with Crippen molar-refractivity contribution >= 4 is 27.4 Å². The Labute approximate surface area is 113 Å². The van der Waals surface area contributed by atoms with Gasteiger partial charge in [0.25, 0.3) is 0 Å². The Morgan fingerprint density at radius 3 is 2.63 bits per heavy atom. The van der Waals surface area contributed by atoms with Gasteiger partial charge in [-0.25, -0.2) is 0 Å². The number of pyridine rings is 1. The second-order valence-corrected chi connectivity index (χ2v) is 5.48. The fourth-order valence-corrected chi connectivity index (χ4v) is 2.56. The lowest BCUT2D eigenvalue weighted by atomic mass is 10.0. The summed E-state index contributed by atoms with van der Waals surface area (Å²) in [6.07, 6.45) is 0.962. The van der Waals surface area contributed by atoms with Crippen LogP contribution in [0.15, 0.2) is 42.5 Å². The molecule has 0 saturated carbocycles. The van der Waals surface area contributed by atoms with Crippen molar-refractivity contribution < 1.29 is 0 Å². The van der Waals surface area contributed by atoms with Crippen LogP contribution in [0, 0.1) is 5.92 Å². The van der Waals surface area contributed by atoms with Gasteiger partial charge in [0.2, 0.25) is 0 Å². The Bertz CT molecular complexity index is 745. The molecule has 0 atom stereocenters. The summed E-state index contributed by atoms with van der Waals surface area (Å²) in [7, 11) is 0. The summed E-state index contributed by atoms with van der Waals surface area (Å²) in [5, 5.41) is 3.44. The van der Waals surface area contributed by atoms with Crippen LogP contribution in [0.2, 0.25) is 0 Å². The Morgan fingerprint density at radius 2 is 1.84 bits per heavy atom. The largest absolute Gasteiger partial charge is 0.398 e. The number of benzene rings is 2. The van der Waals surface area contributed by atoms with Gasteiger partial charge in [-0.15, -0.1) is 0 Å². The minimum atomic E-state index is 0.583. The van der Waals surface area contributed by atoms with Crippen LogP contribution in [0.1, 0.15) is 19.5 Å². The lowest BCUT2D eigenvalue weighted by Crippen LogP contribution is -2.00. The molecule has 0 aliphatic carbocycles. The Morgan fingerprint density at radius 1 is 1.05 bits per heavy atom. The molecule has 0 unspecified atom stereocenters. The number of nitrogen functional groups attached to an aromatic ring is 1. The second-order valence-electron chi connectivity index (χ2n) is 5.48. The topological polar surface area (TPSA) is 38.9 Å². The van der Waals surface area contributed by atoms with Crippen molar-refractivity contribution in [3.8, 4) is 0 Å². The third-order valence-corrected chi connectivity index (χ3v) is 3.41. The first kappa shape index (κ1) is 12.0. The van der Waals surface area contributed by atoms with E-state index in [0.717, 1.165) is 28.7 Å². The summed E-state index contributed by atoms with van der Waals surface area (Å²) >= 11 is 0. The van der Waals surface area contributed by atoms with E-state index < -0.39 is 0 Å². The number of fused-ring (bicyclic) bond motifs is 3. The first-order chi connectivity index (χ1) is 9.15. The predicted octanol–water partition coefficient (Wildman–Crippen LogP) is 4.17. The van der Waals surface area contributed by atoms with Crippen LogP contribution in [0.4, 0.5) is 5.69 Å². The number of hydrogen-bond donors (Lipinski definition) is 1. The molecule has 0 aliphatic rings. The van der Waals surface area contributed by atoms with E-state index in [4.69, 9.17) is 10.7 Å². The van der Waals surface area contributed by atoms with Crippen LogP contribution in [0.3, 0.4) is 0 Å². The van der Waals surface area contributed by atoms with E-state index in [2.05, 4.69) is 50.2 Å². The van der Waals surface area contributed by atoms with Gasteiger partial charge in [-0.3, -0.25) is 4.98 Å². The molecular formula is C17H18N2. The third-order valence-electron chi connectivity index (χ3n) is 3.41. The SMILES string of the molecule is CC(C)Cc1cc(N)c2ccc3ccccc3c2n1. The number of rotatable bonds is 2. The van der Waals surface area contributed by atoms with Gasteiger partial charge in [-0.1, -0.05) is 50.2 Å². The smallest absolute Gasteiger partial charge is 0.0804 e. The molecule has 0 bridgehead atoms. The van der Waals surface area contributed by atoms with Crippen LogP contribution in [-0.2, 0) is 6.42 Å². The monoisotopic (exact) mass is 250 g/mol. The summed E-state index contributed by atoms with van der Waals surface area (Å²) in [5.41, 5.74) is 9.11. The van der Waals surface area contributed by atoms with Gasteiger partial charge in [-0.05, 0) is 23.8 Å². The maximum Gasteiger partial charge on any atom is 0.0804 e. The Balaban J connectivity index is 2.33. The first-order valence-corrected chi connectivity index (χ1v) is 6.72. The van der Waals surface area contributed by atoms with E-state index in [9.17, 15) is 0 Å². The number of hydrogen-bond acceptors (Lipinski definition) is 2. The molecule has 2 aromatic carbocycles. The molecule has 3 rings (SSSR count). The van der Waals surface area contributed by atoms with Gasteiger partial charge >= 0.3 is 0 Å². The fraction of sp³-hybridized carbons (Fsp3) is 0.235. The van der Waals surface area contributed by atoms with Crippen molar-refractivity contribution in [2.24, 2.45) is 5.92 Å². The van der Waals surface area contributed by atoms with Crippen LogP contribution in [0.5, 0.6) is 0 Å². The first-order valence-electron chi connectivity index (χ1n) is 6.72. The zero-order chi connectivity index (χ0) is 13.4. The van der Waals surface area contributed by atoms with Crippen molar-refractivity contribution in [1.29, 1.82) is 0 Å². The molecule has 0 radical (unpaired) electrons. The lowest BCUT2D eigenvalue weighted by Gasteiger charge is -2.10. The Kier molecular flexibility index (Phi) is 2.86. The van der Waals surface area contributed by atoms with Crippen molar-refractivity contribution in [3.63, 3.8) is 0 Å². The molecule has 0 fully saturated rings. The predicted molar refractivity (Wildman–Crippen MR) is 82.2 cm³/mol. The van der Waals surface area contributed by atoms with Crippen LogP contribution >= 0.6 is 0 Å². The van der Waals surface area contributed by atoms with Crippen molar-refractivity contribution in [2.75, 3.05) is 5.73 Å². The van der Waals surface area contributed by atoms with Gasteiger partial charge in [0.15, 0.2) is 0 Å². The van der Waals surface area contributed by atoms with E-state index in [1.54, 1.807) is 0 Å². The molecule has 0 aliphatic heterocycles. The van der Waals surface area contributed by atoms with E-state index in [1.807, 2.05) is 6.07 Å². The van der Waals surface area contributed by atoms with Gasteiger partial charge in [0.05, 0.1) is 5.52 Å². The minimum Gasteiger partial charge on any atom is -0.398 e. The van der Waals surface area contributed by atoms with E-state index in [1.165, 1.54) is 10.8 Å². The maximum atomic E-state index is 6.18. The molecule has 1 heterocycles. The van der Waals surface area contributed by atoms with Crippen LogP contribution < -0.4 is 5.73 Å². The summed E-state index contributed by atoms with van der Waals surface area (Å²) < 4.78 is 0. The molecule has 1 aromatic heterocycles. The molecule has 96 valence electrons. The van der Waals surface area contributed by atoms with E-state index in [-0.39, 0.29) is 0 Å². The van der Waals surface area contributed by atoms with Crippen molar-refractivity contribution in [3.05, 3.63) is 48.2 Å². The normalized spacial score (nSPS) is 11.5. The molecule has 19 heavy (non-hydrogen) atoms. The van der Waals surface area contributed by atoms with Crippen molar-refractivity contribution in [2.45, 2.75) is 20.3 Å². The Hall–Kier alpha value is -2.09. The summed E-state index contributed by atoms with van der Waals surface area (Å²) in [6, 6.07) is 14.5. The van der Waals surface area contributed by atoms with Gasteiger partial charge < -0.3 is 5.73 Å². The highest BCUT2D eigenvalue weighted by Gasteiger charge is 2.08. The maximum absolute atomic E-state index is 6.18.